The molecule has 3 rings (SSSR count). The van der Waals surface area contributed by atoms with Crippen molar-refractivity contribution >= 4 is 23.7 Å². The summed E-state index contributed by atoms with van der Waals surface area (Å²) in [6.07, 6.45) is 3.58. The molecule has 3 amide bonds. The number of nitrogens with zero attached hydrogens (tertiary/aromatic N) is 2. The van der Waals surface area contributed by atoms with Gasteiger partial charge >= 0.3 is 6.03 Å². The average molecular weight is 347 g/mol. The molecule has 0 saturated carbocycles. The molecule has 130 valence electrons. The molecule has 2 saturated heterocycles. The molecule has 0 aliphatic carbocycles. The molecule has 1 atom stereocenters. The van der Waals surface area contributed by atoms with Crippen LogP contribution in [0.1, 0.15) is 31.2 Å². The Morgan fingerprint density at radius 3 is 2.58 bits per heavy atom. The summed E-state index contributed by atoms with van der Waals surface area (Å²) < 4.78 is 0. The van der Waals surface area contributed by atoms with E-state index in [1.807, 2.05) is 16.7 Å². The Kier molecular flexibility index (Phi) is 5.33. The molecule has 1 aromatic rings. The van der Waals surface area contributed by atoms with E-state index in [1.165, 1.54) is 15.4 Å². The van der Waals surface area contributed by atoms with E-state index in [0.29, 0.717) is 11.8 Å². The van der Waals surface area contributed by atoms with E-state index in [2.05, 4.69) is 31.2 Å². The van der Waals surface area contributed by atoms with Crippen LogP contribution in [0.3, 0.4) is 0 Å². The predicted octanol–water partition coefficient (Wildman–Crippen LogP) is 2.62. The summed E-state index contributed by atoms with van der Waals surface area (Å²) in [4.78, 5) is 28.9. The molecule has 2 aliphatic heterocycles. The summed E-state index contributed by atoms with van der Waals surface area (Å²) in [7, 11) is 0. The number of hydrogen-bond donors (Lipinski definition) is 1. The Morgan fingerprint density at radius 2 is 1.92 bits per heavy atom. The zero-order chi connectivity index (χ0) is 17.1. The van der Waals surface area contributed by atoms with Crippen molar-refractivity contribution in [3.63, 3.8) is 0 Å². The lowest BCUT2D eigenvalue weighted by molar-refractivity contribution is -0.135. The van der Waals surface area contributed by atoms with Crippen molar-refractivity contribution in [2.24, 2.45) is 5.73 Å². The number of primary amides is 1. The van der Waals surface area contributed by atoms with Gasteiger partial charge < -0.3 is 15.5 Å². The van der Waals surface area contributed by atoms with Gasteiger partial charge in [0.1, 0.15) is 6.04 Å². The number of aryl methyl sites for hydroxylation is 1. The van der Waals surface area contributed by atoms with Crippen LogP contribution in [-0.4, -0.2) is 52.7 Å². The Balaban J connectivity index is 1.53. The van der Waals surface area contributed by atoms with Crippen molar-refractivity contribution in [2.75, 3.05) is 19.6 Å². The summed E-state index contributed by atoms with van der Waals surface area (Å²) in [5.41, 5.74) is 6.67. The fourth-order valence-electron chi connectivity index (χ4n) is 3.57. The largest absolute Gasteiger partial charge is 0.351 e. The summed E-state index contributed by atoms with van der Waals surface area (Å²) >= 11 is 1.91. The van der Waals surface area contributed by atoms with Crippen molar-refractivity contribution in [2.45, 2.75) is 48.8 Å². The zero-order valence-electron chi connectivity index (χ0n) is 14.1. The molecular formula is C18H25N3O2S. The molecule has 0 aromatic heterocycles. The molecule has 0 unspecified atom stereocenters. The third-order valence-corrected chi connectivity index (χ3v) is 6.20. The second-order valence-corrected chi connectivity index (χ2v) is 8.02. The molecule has 2 heterocycles. The van der Waals surface area contributed by atoms with E-state index < -0.39 is 6.03 Å². The molecule has 0 spiro atoms. The lowest BCUT2D eigenvalue weighted by atomic mass is 10.1. The third kappa shape index (κ3) is 3.86. The number of carbonyl (C=O) groups is 2. The van der Waals surface area contributed by atoms with Crippen LogP contribution in [0.5, 0.6) is 0 Å². The van der Waals surface area contributed by atoms with E-state index in [0.717, 1.165) is 38.8 Å². The highest BCUT2D eigenvalue weighted by Gasteiger charge is 2.36. The Bertz CT molecular complexity index is 614. The first kappa shape index (κ1) is 17.1. The van der Waals surface area contributed by atoms with Crippen LogP contribution in [0.4, 0.5) is 4.79 Å². The van der Waals surface area contributed by atoms with Crippen LogP contribution in [0.25, 0.3) is 0 Å². The molecule has 2 N–H and O–H groups in total. The number of rotatable bonds is 3. The SMILES string of the molecule is Cc1cccc(SC2CCN(C(=O)[C@@H]3CCCN3C(N)=O)CC2)c1. The van der Waals surface area contributed by atoms with Crippen LogP contribution in [0.2, 0.25) is 0 Å². The van der Waals surface area contributed by atoms with Gasteiger partial charge in [-0.15, -0.1) is 11.8 Å². The lowest BCUT2D eigenvalue weighted by Crippen LogP contribution is -2.51. The van der Waals surface area contributed by atoms with Crippen molar-refractivity contribution in [3.05, 3.63) is 29.8 Å². The number of nitrogens with two attached hydrogens (primary N) is 1. The number of benzene rings is 1. The Labute approximate surface area is 147 Å². The molecule has 2 aliphatic rings. The van der Waals surface area contributed by atoms with Crippen LogP contribution in [-0.2, 0) is 4.79 Å². The first-order valence-electron chi connectivity index (χ1n) is 8.63. The summed E-state index contributed by atoms with van der Waals surface area (Å²) in [6, 6.07) is 7.75. The maximum atomic E-state index is 12.7. The van der Waals surface area contributed by atoms with Gasteiger partial charge in [0.25, 0.3) is 0 Å². The van der Waals surface area contributed by atoms with Crippen LogP contribution < -0.4 is 5.73 Å². The van der Waals surface area contributed by atoms with E-state index >= 15 is 0 Å². The van der Waals surface area contributed by atoms with E-state index in [1.54, 1.807) is 0 Å². The molecular weight excluding hydrogens is 322 g/mol. The molecule has 5 nitrogen and oxygen atoms in total. The maximum absolute atomic E-state index is 12.7. The number of likely N-dealkylation sites (tertiary alicyclic amines) is 2. The maximum Gasteiger partial charge on any atom is 0.315 e. The summed E-state index contributed by atoms with van der Waals surface area (Å²) in [5, 5.41) is 0.548. The first-order valence-corrected chi connectivity index (χ1v) is 9.51. The van der Waals surface area contributed by atoms with Crippen LogP contribution >= 0.6 is 11.8 Å². The van der Waals surface area contributed by atoms with Gasteiger partial charge in [-0.05, 0) is 44.7 Å². The topological polar surface area (TPSA) is 66.6 Å². The minimum atomic E-state index is -0.476. The molecule has 6 heteroatoms. The van der Waals surface area contributed by atoms with Gasteiger partial charge in [-0.1, -0.05) is 17.7 Å². The van der Waals surface area contributed by atoms with Gasteiger partial charge in [0.2, 0.25) is 5.91 Å². The highest BCUT2D eigenvalue weighted by Crippen LogP contribution is 2.31. The average Bonchev–Trinajstić information content (AvgIpc) is 3.05. The molecule has 0 bridgehead atoms. The summed E-state index contributed by atoms with van der Waals surface area (Å²) in [6.45, 7) is 4.25. The van der Waals surface area contributed by atoms with Gasteiger partial charge in [-0.25, -0.2) is 4.79 Å². The number of piperidine rings is 1. The third-order valence-electron chi connectivity index (χ3n) is 4.87. The van der Waals surface area contributed by atoms with Gasteiger partial charge in [-0.2, -0.15) is 0 Å². The Hall–Kier alpha value is -1.69. The summed E-state index contributed by atoms with van der Waals surface area (Å²) in [5.74, 6) is 0.0744. The number of urea groups is 1. The van der Waals surface area contributed by atoms with Crippen molar-refractivity contribution in [1.29, 1.82) is 0 Å². The van der Waals surface area contributed by atoms with Crippen molar-refractivity contribution in [3.8, 4) is 0 Å². The normalized spacial score (nSPS) is 22.0. The molecule has 1 aromatic carbocycles. The fourth-order valence-corrected chi connectivity index (χ4v) is 4.82. The van der Waals surface area contributed by atoms with Gasteiger partial charge in [0.15, 0.2) is 0 Å². The monoisotopic (exact) mass is 347 g/mol. The van der Waals surface area contributed by atoms with E-state index in [4.69, 9.17) is 5.73 Å². The van der Waals surface area contributed by atoms with Crippen LogP contribution in [0, 0.1) is 6.92 Å². The number of amides is 3. The molecule has 0 radical (unpaired) electrons. The van der Waals surface area contributed by atoms with E-state index in [9.17, 15) is 9.59 Å². The quantitative estimate of drug-likeness (QED) is 0.914. The van der Waals surface area contributed by atoms with E-state index in [-0.39, 0.29) is 11.9 Å². The smallest absolute Gasteiger partial charge is 0.315 e. The number of hydrogen-bond acceptors (Lipinski definition) is 3. The second kappa shape index (κ2) is 7.47. The minimum Gasteiger partial charge on any atom is -0.351 e. The highest BCUT2D eigenvalue weighted by molar-refractivity contribution is 8.00. The standard InChI is InChI=1S/C18H25N3O2S/c1-13-4-2-5-15(12-13)24-14-7-10-20(11-8-14)17(22)16-6-3-9-21(16)18(19)23/h2,4-5,12,14,16H,3,6-11H2,1H3,(H2,19,23)/t16-/m0/s1. The Morgan fingerprint density at radius 1 is 1.17 bits per heavy atom. The minimum absolute atomic E-state index is 0.0744. The van der Waals surface area contributed by atoms with Crippen LogP contribution in [0.15, 0.2) is 29.2 Å². The predicted molar refractivity (Wildman–Crippen MR) is 95.9 cm³/mol. The molecule has 2 fully saturated rings. The van der Waals surface area contributed by atoms with Crippen molar-refractivity contribution < 1.29 is 9.59 Å². The van der Waals surface area contributed by atoms with Gasteiger partial charge in [-0.3, -0.25) is 4.79 Å². The molecule has 24 heavy (non-hydrogen) atoms. The highest BCUT2D eigenvalue weighted by atomic mass is 32.2. The number of carbonyl (C=O) groups excluding carboxylic acids is 2. The first-order chi connectivity index (χ1) is 11.5. The lowest BCUT2D eigenvalue weighted by Gasteiger charge is -2.35. The fraction of sp³-hybridized carbons (Fsp3) is 0.556. The number of thioether (sulfide) groups is 1. The van der Waals surface area contributed by atoms with Gasteiger partial charge in [0.05, 0.1) is 0 Å². The van der Waals surface area contributed by atoms with Crippen molar-refractivity contribution in [1.82, 2.24) is 9.80 Å². The second-order valence-electron chi connectivity index (χ2n) is 6.65. The zero-order valence-corrected chi connectivity index (χ0v) is 14.9. The van der Waals surface area contributed by atoms with Gasteiger partial charge in [0, 0.05) is 29.8 Å².